The third-order valence-electron chi connectivity index (χ3n) is 3.86. The average molecular weight is 196 g/mol. The Morgan fingerprint density at radius 2 is 2.07 bits per heavy atom. The van der Waals surface area contributed by atoms with Gasteiger partial charge in [0.05, 0.1) is 0 Å². The van der Waals surface area contributed by atoms with Crippen LogP contribution in [0.25, 0.3) is 0 Å². The summed E-state index contributed by atoms with van der Waals surface area (Å²) in [6.45, 7) is 7.57. The van der Waals surface area contributed by atoms with Gasteiger partial charge in [0.25, 0.3) is 0 Å². The summed E-state index contributed by atoms with van der Waals surface area (Å²) in [7, 11) is 0. The first kappa shape index (κ1) is 10.4. The lowest BCUT2D eigenvalue weighted by Crippen LogP contribution is -2.45. The van der Waals surface area contributed by atoms with Crippen LogP contribution in [-0.2, 0) is 0 Å². The molecule has 14 heavy (non-hydrogen) atoms. The van der Waals surface area contributed by atoms with E-state index in [0.29, 0.717) is 0 Å². The van der Waals surface area contributed by atoms with E-state index < -0.39 is 0 Å². The Hall–Kier alpha value is -0.0800. The molecule has 2 atom stereocenters. The first-order chi connectivity index (χ1) is 6.88. The maximum atomic E-state index is 3.67. The maximum absolute atomic E-state index is 3.67. The quantitative estimate of drug-likeness (QED) is 0.741. The van der Waals surface area contributed by atoms with Gasteiger partial charge in [0, 0.05) is 12.6 Å². The van der Waals surface area contributed by atoms with E-state index in [0.717, 1.165) is 12.0 Å². The van der Waals surface area contributed by atoms with E-state index in [2.05, 4.69) is 17.1 Å². The molecule has 0 radical (unpaired) electrons. The predicted octanol–water partition coefficient (Wildman–Crippen LogP) is 1.86. The van der Waals surface area contributed by atoms with Gasteiger partial charge in [0.1, 0.15) is 0 Å². The van der Waals surface area contributed by atoms with E-state index in [1.165, 1.54) is 58.3 Å². The van der Waals surface area contributed by atoms with Crippen molar-refractivity contribution in [3.8, 4) is 0 Å². The molecule has 2 aliphatic heterocycles. The third kappa shape index (κ3) is 2.71. The summed E-state index contributed by atoms with van der Waals surface area (Å²) in [4.78, 5) is 2.63. The average Bonchev–Trinajstić information content (AvgIpc) is 2.71. The molecule has 0 bridgehead atoms. The zero-order valence-electron chi connectivity index (χ0n) is 9.47. The van der Waals surface area contributed by atoms with Crippen molar-refractivity contribution in [2.45, 2.75) is 45.1 Å². The molecular formula is C12H24N2. The van der Waals surface area contributed by atoms with E-state index >= 15 is 0 Å². The number of nitrogens with zero attached hydrogens (tertiary/aromatic N) is 1. The van der Waals surface area contributed by atoms with Crippen molar-refractivity contribution in [3.63, 3.8) is 0 Å². The summed E-state index contributed by atoms with van der Waals surface area (Å²) in [6.07, 6.45) is 7.02. The van der Waals surface area contributed by atoms with Crippen molar-refractivity contribution in [1.82, 2.24) is 10.2 Å². The van der Waals surface area contributed by atoms with E-state index in [-0.39, 0.29) is 0 Å². The van der Waals surface area contributed by atoms with Crippen LogP contribution in [0.3, 0.4) is 0 Å². The van der Waals surface area contributed by atoms with Crippen molar-refractivity contribution in [2.24, 2.45) is 5.92 Å². The Bertz CT molecular complexity index is 164. The molecule has 0 amide bonds. The van der Waals surface area contributed by atoms with E-state index in [1.807, 2.05) is 0 Å². The number of piperidine rings is 1. The molecule has 2 saturated heterocycles. The van der Waals surface area contributed by atoms with Gasteiger partial charge in [-0.25, -0.2) is 0 Å². The van der Waals surface area contributed by atoms with Crippen molar-refractivity contribution in [2.75, 3.05) is 26.2 Å². The third-order valence-corrected chi connectivity index (χ3v) is 3.86. The highest BCUT2D eigenvalue weighted by atomic mass is 15.2. The lowest BCUT2D eigenvalue weighted by Gasteiger charge is -2.32. The predicted molar refractivity (Wildman–Crippen MR) is 60.5 cm³/mol. The molecule has 2 nitrogen and oxygen atoms in total. The minimum Gasteiger partial charge on any atom is -0.313 e. The van der Waals surface area contributed by atoms with Crippen LogP contribution in [0.1, 0.15) is 39.0 Å². The van der Waals surface area contributed by atoms with E-state index in [4.69, 9.17) is 0 Å². The summed E-state index contributed by atoms with van der Waals surface area (Å²) in [6, 6.07) is 0.784. The smallest absolute Gasteiger partial charge is 0.0197 e. The zero-order chi connectivity index (χ0) is 9.80. The summed E-state index contributed by atoms with van der Waals surface area (Å²) < 4.78 is 0. The molecule has 0 aromatic carbocycles. The Kier molecular flexibility index (Phi) is 3.82. The summed E-state index contributed by atoms with van der Waals surface area (Å²) in [5, 5.41) is 3.67. The SMILES string of the molecule is CCC1CCNC(CN2CCCC2)C1. The first-order valence-electron chi connectivity index (χ1n) is 6.34. The minimum atomic E-state index is 0.784. The van der Waals surface area contributed by atoms with Crippen molar-refractivity contribution in [1.29, 1.82) is 0 Å². The molecule has 1 N–H and O–H groups in total. The van der Waals surface area contributed by atoms with Crippen molar-refractivity contribution < 1.29 is 0 Å². The number of nitrogens with one attached hydrogen (secondary N) is 1. The molecule has 82 valence electrons. The molecule has 0 aromatic heterocycles. The largest absolute Gasteiger partial charge is 0.313 e. The standard InChI is InChI=1S/C12H24N2/c1-2-11-5-6-13-12(9-11)10-14-7-3-4-8-14/h11-13H,2-10H2,1H3. The van der Waals surface area contributed by atoms with Gasteiger partial charge < -0.3 is 10.2 Å². The Labute approximate surface area is 88.1 Å². The molecule has 2 heterocycles. The van der Waals surface area contributed by atoms with Crippen molar-refractivity contribution in [3.05, 3.63) is 0 Å². The Balaban J connectivity index is 1.73. The highest BCUT2D eigenvalue weighted by Gasteiger charge is 2.23. The molecule has 0 saturated carbocycles. The van der Waals surface area contributed by atoms with Crippen LogP contribution in [-0.4, -0.2) is 37.1 Å². The van der Waals surface area contributed by atoms with Gasteiger partial charge in [-0.15, -0.1) is 0 Å². The second-order valence-corrected chi connectivity index (χ2v) is 4.96. The summed E-state index contributed by atoms with van der Waals surface area (Å²) >= 11 is 0. The Morgan fingerprint density at radius 3 is 2.79 bits per heavy atom. The fraction of sp³-hybridized carbons (Fsp3) is 1.00. The van der Waals surface area contributed by atoms with Crippen LogP contribution in [0, 0.1) is 5.92 Å². The van der Waals surface area contributed by atoms with Crippen LogP contribution < -0.4 is 5.32 Å². The molecule has 2 rings (SSSR count). The molecule has 0 spiro atoms. The number of hydrogen-bond donors (Lipinski definition) is 1. The van der Waals surface area contributed by atoms with Crippen LogP contribution in [0.2, 0.25) is 0 Å². The highest BCUT2D eigenvalue weighted by molar-refractivity contribution is 4.81. The van der Waals surface area contributed by atoms with Gasteiger partial charge in [-0.1, -0.05) is 13.3 Å². The lowest BCUT2D eigenvalue weighted by atomic mass is 9.90. The van der Waals surface area contributed by atoms with Crippen LogP contribution in [0.15, 0.2) is 0 Å². The molecule has 2 unspecified atom stereocenters. The second kappa shape index (κ2) is 5.13. The first-order valence-corrected chi connectivity index (χ1v) is 6.34. The van der Waals surface area contributed by atoms with Gasteiger partial charge >= 0.3 is 0 Å². The van der Waals surface area contributed by atoms with E-state index in [1.54, 1.807) is 0 Å². The molecule has 2 heteroatoms. The summed E-state index contributed by atoms with van der Waals surface area (Å²) in [5.41, 5.74) is 0. The molecule has 0 aromatic rings. The van der Waals surface area contributed by atoms with Gasteiger partial charge in [-0.2, -0.15) is 0 Å². The zero-order valence-corrected chi connectivity index (χ0v) is 9.47. The number of rotatable bonds is 3. The summed E-state index contributed by atoms with van der Waals surface area (Å²) in [5.74, 6) is 0.990. The topological polar surface area (TPSA) is 15.3 Å². The van der Waals surface area contributed by atoms with Crippen LogP contribution >= 0.6 is 0 Å². The molecule has 2 fully saturated rings. The second-order valence-electron chi connectivity index (χ2n) is 4.96. The fourth-order valence-electron chi connectivity index (χ4n) is 2.88. The molecule has 0 aliphatic carbocycles. The van der Waals surface area contributed by atoms with Crippen LogP contribution in [0.5, 0.6) is 0 Å². The number of hydrogen-bond acceptors (Lipinski definition) is 2. The van der Waals surface area contributed by atoms with E-state index in [9.17, 15) is 0 Å². The van der Waals surface area contributed by atoms with Gasteiger partial charge in [-0.05, 0) is 51.2 Å². The lowest BCUT2D eigenvalue weighted by molar-refractivity contribution is 0.225. The number of likely N-dealkylation sites (tertiary alicyclic amines) is 1. The maximum Gasteiger partial charge on any atom is 0.0197 e. The van der Waals surface area contributed by atoms with Crippen molar-refractivity contribution >= 4 is 0 Å². The Morgan fingerprint density at radius 1 is 1.29 bits per heavy atom. The van der Waals surface area contributed by atoms with Gasteiger partial charge in [-0.3, -0.25) is 0 Å². The fourth-order valence-corrected chi connectivity index (χ4v) is 2.88. The normalized spacial score (nSPS) is 34.9. The molecule has 2 aliphatic rings. The van der Waals surface area contributed by atoms with Gasteiger partial charge in [0.15, 0.2) is 0 Å². The molecular weight excluding hydrogens is 172 g/mol. The minimum absolute atomic E-state index is 0.784. The monoisotopic (exact) mass is 196 g/mol. The van der Waals surface area contributed by atoms with Crippen LogP contribution in [0.4, 0.5) is 0 Å². The van der Waals surface area contributed by atoms with Gasteiger partial charge in [0.2, 0.25) is 0 Å². The highest BCUT2D eigenvalue weighted by Crippen LogP contribution is 2.20.